The van der Waals surface area contributed by atoms with E-state index < -0.39 is 5.41 Å². The van der Waals surface area contributed by atoms with Crippen LogP contribution in [0.4, 0.5) is 28.4 Å². The smallest absolute Gasteiger partial charge is 0.145 e. The topological polar surface area (TPSA) is 19.6 Å². The molecule has 3 heteroatoms. The molecule has 0 saturated heterocycles. The summed E-state index contributed by atoms with van der Waals surface area (Å²) in [7, 11) is 0. The lowest BCUT2D eigenvalue weighted by atomic mass is 9.70. The first-order valence-corrected chi connectivity index (χ1v) is 27.8. The highest BCUT2D eigenvalue weighted by Crippen LogP contribution is 2.64. The van der Waals surface area contributed by atoms with Crippen LogP contribution in [0.5, 0.6) is 0 Å². The molecule has 11 aromatic rings. The summed E-state index contributed by atoms with van der Waals surface area (Å²) in [6.45, 7) is 21.3. The lowest BCUT2D eigenvalue weighted by molar-refractivity contribution is 0.598. The van der Waals surface area contributed by atoms with Crippen molar-refractivity contribution < 1.29 is 4.42 Å². The zero-order valence-corrected chi connectivity index (χ0v) is 45.9. The van der Waals surface area contributed by atoms with Gasteiger partial charge in [-0.3, -0.25) is 0 Å². The SMILES string of the molecule is C=C(c1c(C2=C(C)C3(c4cc(N(c5ccc(C)cc5)c5ccc6c(c5)C(C)(C)c5ccccc5-6)ccc42)c2ccccc2-c2ccccc23)oc2ccccc12)N(c1ccc(C)cc1)c1ccc2c(c1)C(C)(C)c1ccccc1-2. The van der Waals surface area contributed by atoms with Crippen LogP contribution in [0.25, 0.3) is 55.6 Å². The molecular weight excluding hydrogens is 957 g/mol. The molecule has 10 aromatic carbocycles. The molecule has 4 aliphatic rings. The molecule has 4 aliphatic carbocycles. The zero-order valence-electron chi connectivity index (χ0n) is 45.9. The van der Waals surface area contributed by atoms with Crippen molar-refractivity contribution in [2.45, 2.75) is 64.7 Å². The summed E-state index contributed by atoms with van der Waals surface area (Å²) in [5.74, 6) is 0.818. The predicted molar refractivity (Wildman–Crippen MR) is 329 cm³/mol. The minimum atomic E-state index is -0.650. The summed E-state index contributed by atoms with van der Waals surface area (Å²) in [5.41, 5.74) is 29.8. The predicted octanol–water partition coefficient (Wildman–Crippen LogP) is 20.1. The molecule has 0 unspecified atom stereocenters. The monoisotopic (exact) mass is 1020 g/mol. The fourth-order valence-electron chi connectivity index (χ4n) is 14.6. The number of aryl methyl sites for hydroxylation is 2. The molecule has 0 atom stereocenters. The Labute approximate surface area is 464 Å². The molecule has 380 valence electrons. The first kappa shape index (κ1) is 47.1. The van der Waals surface area contributed by atoms with Crippen LogP contribution in [-0.2, 0) is 16.2 Å². The van der Waals surface area contributed by atoms with E-state index in [-0.39, 0.29) is 10.8 Å². The first-order chi connectivity index (χ1) is 38.3. The maximum atomic E-state index is 7.46. The number of rotatable bonds is 8. The second kappa shape index (κ2) is 16.9. The van der Waals surface area contributed by atoms with E-state index in [0.717, 1.165) is 67.6 Å². The van der Waals surface area contributed by atoms with Crippen molar-refractivity contribution in [2.24, 2.45) is 0 Å². The van der Waals surface area contributed by atoms with Crippen LogP contribution < -0.4 is 9.80 Å². The zero-order chi connectivity index (χ0) is 53.7. The van der Waals surface area contributed by atoms with Crippen LogP contribution >= 0.6 is 0 Å². The molecule has 1 heterocycles. The molecule has 79 heavy (non-hydrogen) atoms. The quantitative estimate of drug-likeness (QED) is 0.151. The second-order valence-electron chi connectivity index (χ2n) is 23.5. The molecule has 0 N–H and O–H groups in total. The highest BCUT2D eigenvalue weighted by atomic mass is 16.3. The standard InChI is InChI=1S/C76H60N2O/c1-46-29-33-50(34-30-46)77(52-37-40-59-55-19-9-14-24-63(55)74(5,6)67(59)43-52)49(4)72-62-23-13-18-28-70(62)79-73(72)71-48(3)76(65-26-16-11-21-57(65)58-22-12-17-27-66(58)76)69-45-54(39-42-61(69)71)78(51-35-31-47(2)32-36-51)53-38-41-60-56-20-10-15-25-64(56)75(7,8)68(60)44-53/h9-45H,4H2,1-3,5-8H3. The lowest BCUT2D eigenvalue weighted by Crippen LogP contribution is -2.26. The maximum absolute atomic E-state index is 7.46. The third-order valence-electron chi connectivity index (χ3n) is 18.4. The van der Waals surface area contributed by atoms with Gasteiger partial charge in [0.15, 0.2) is 0 Å². The highest BCUT2D eigenvalue weighted by Gasteiger charge is 2.53. The molecule has 0 amide bonds. The molecule has 0 radical (unpaired) electrons. The van der Waals surface area contributed by atoms with Gasteiger partial charge in [0.1, 0.15) is 11.3 Å². The Morgan fingerprint density at radius 3 is 1.34 bits per heavy atom. The Balaban J connectivity index is 0.969. The molecule has 3 nitrogen and oxygen atoms in total. The van der Waals surface area contributed by atoms with Crippen molar-refractivity contribution in [1.82, 2.24) is 0 Å². The molecular formula is C76H60N2O. The number of fused-ring (bicyclic) bond motifs is 14. The number of nitrogens with zero attached hydrogens (tertiary/aromatic N) is 2. The molecule has 0 fully saturated rings. The van der Waals surface area contributed by atoms with Crippen molar-refractivity contribution in [3.8, 4) is 33.4 Å². The van der Waals surface area contributed by atoms with Crippen LogP contribution in [0, 0.1) is 13.8 Å². The van der Waals surface area contributed by atoms with Gasteiger partial charge in [-0.15, -0.1) is 0 Å². The van der Waals surface area contributed by atoms with Crippen molar-refractivity contribution >= 4 is 50.7 Å². The van der Waals surface area contributed by atoms with Gasteiger partial charge in [-0.25, -0.2) is 0 Å². The average molecular weight is 1020 g/mol. The Kier molecular flexibility index (Phi) is 10.1. The van der Waals surface area contributed by atoms with Crippen LogP contribution in [0.2, 0.25) is 0 Å². The molecule has 1 spiro atoms. The third kappa shape index (κ3) is 6.54. The van der Waals surface area contributed by atoms with E-state index in [1.54, 1.807) is 0 Å². The summed E-state index contributed by atoms with van der Waals surface area (Å²) in [6, 6.07) is 83.7. The summed E-state index contributed by atoms with van der Waals surface area (Å²) < 4.78 is 7.46. The van der Waals surface area contributed by atoms with Crippen molar-refractivity contribution in [3.05, 3.63) is 304 Å². The number of anilines is 5. The van der Waals surface area contributed by atoms with E-state index in [0.29, 0.717) is 0 Å². The van der Waals surface area contributed by atoms with Gasteiger partial charge in [-0.05, 0) is 171 Å². The molecule has 1 aromatic heterocycles. The summed E-state index contributed by atoms with van der Waals surface area (Å²) in [5, 5.41) is 1.02. The van der Waals surface area contributed by atoms with E-state index in [2.05, 4.69) is 283 Å². The largest absolute Gasteiger partial charge is 0.455 e. The fourth-order valence-corrected chi connectivity index (χ4v) is 14.6. The van der Waals surface area contributed by atoms with E-state index in [1.807, 2.05) is 0 Å². The molecule has 0 aliphatic heterocycles. The summed E-state index contributed by atoms with van der Waals surface area (Å²) in [4.78, 5) is 4.83. The minimum absolute atomic E-state index is 0.164. The fraction of sp³-hybridized carbons (Fsp3) is 0.132. The number of hydrogen-bond donors (Lipinski definition) is 0. The Morgan fingerprint density at radius 1 is 0.380 bits per heavy atom. The molecule has 15 rings (SSSR count). The van der Waals surface area contributed by atoms with Gasteiger partial charge in [-0.2, -0.15) is 0 Å². The van der Waals surface area contributed by atoms with E-state index in [4.69, 9.17) is 11.0 Å². The van der Waals surface area contributed by atoms with Crippen molar-refractivity contribution in [1.29, 1.82) is 0 Å². The van der Waals surface area contributed by atoms with Crippen molar-refractivity contribution in [3.63, 3.8) is 0 Å². The van der Waals surface area contributed by atoms with Gasteiger partial charge in [-0.1, -0.05) is 203 Å². The van der Waals surface area contributed by atoms with Crippen LogP contribution in [0.1, 0.15) is 102 Å². The minimum Gasteiger partial charge on any atom is -0.455 e. The number of benzene rings is 10. The average Bonchev–Trinajstić information content (AvgIpc) is 2.11. The summed E-state index contributed by atoms with van der Waals surface area (Å²) >= 11 is 0. The third-order valence-corrected chi connectivity index (χ3v) is 18.4. The molecule has 0 bridgehead atoms. The van der Waals surface area contributed by atoms with Gasteiger partial charge in [0.05, 0.1) is 16.7 Å². The Morgan fingerprint density at radius 2 is 0.785 bits per heavy atom. The first-order valence-electron chi connectivity index (χ1n) is 27.8. The Bertz CT molecular complexity index is 4380. The lowest BCUT2D eigenvalue weighted by Gasteiger charge is -2.33. The van der Waals surface area contributed by atoms with Gasteiger partial charge < -0.3 is 14.2 Å². The number of furan rings is 1. The maximum Gasteiger partial charge on any atom is 0.145 e. The van der Waals surface area contributed by atoms with Crippen molar-refractivity contribution in [2.75, 3.05) is 9.80 Å². The van der Waals surface area contributed by atoms with Gasteiger partial charge >= 0.3 is 0 Å². The number of hydrogen-bond acceptors (Lipinski definition) is 3. The second-order valence-corrected chi connectivity index (χ2v) is 23.5. The van der Waals surface area contributed by atoms with Crippen LogP contribution in [-0.4, -0.2) is 0 Å². The van der Waals surface area contributed by atoms with E-state index in [1.165, 1.54) is 89.0 Å². The highest BCUT2D eigenvalue weighted by molar-refractivity contribution is 6.07. The van der Waals surface area contributed by atoms with Gasteiger partial charge in [0.2, 0.25) is 0 Å². The number of allylic oxidation sites excluding steroid dienone is 1. The van der Waals surface area contributed by atoms with E-state index in [9.17, 15) is 0 Å². The van der Waals surface area contributed by atoms with Crippen LogP contribution in [0.15, 0.2) is 241 Å². The number of para-hydroxylation sites is 1. The van der Waals surface area contributed by atoms with Gasteiger partial charge in [0.25, 0.3) is 0 Å². The Hall–Kier alpha value is -9.18. The van der Waals surface area contributed by atoms with Crippen LogP contribution in [0.3, 0.4) is 0 Å². The van der Waals surface area contributed by atoms with Gasteiger partial charge in [0, 0.05) is 50.2 Å². The normalized spacial score (nSPS) is 15.1. The molecule has 0 saturated carbocycles. The summed E-state index contributed by atoms with van der Waals surface area (Å²) in [6.07, 6.45) is 0. The van der Waals surface area contributed by atoms with E-state index >= 15 is 0 Å².